The molecule has 0 aliphatic carbocycles. The molecule has 5 heteroatoms. The van der Waals surface area contributed by atoms with E-state index in [1.165, 1.54) is 0 Å². The van der Waals surface area contributed by atoms with Gasteiger partial charge in [0, 0.05) is 24.4 Å². The molecular weight excluding hydrogens is 260 g/mol. The highest BCUT2D eigenvalue weighted by Crippen LogP contribution is 2.20. The third-order valence-corrected chi connectivity index (χ3v) is 4.97. The fourth-order valence-corrected chi connectivity index (χ4v) is 4.02. The quantitative estimate of drug-likeness (QED) is 0.805. The Morgan fingerprint density at radius 1 is 1.21 bits per heavy atom. The maximum atomic E-state index is 12.4. The van der Waals surface area contributed by atoms with Gasteiger partial charge in [-0.2, -0.15) is 11.8 Å². The number of carbonyl (C=O) groups excluding carboxylic acids is 1. The van der Waals surface area contributed by atoms with Gasteiger partial charge >= 0.3 is 6.03 Å². The molecule has 2 aliphatic rings. The molecule has 2 rings (SSSR count). The van der Waals surface area contributed by atoms with Crippen LogP contribution < -0.4 is 5.32 Å². The summed E-state index contributed by atoms with van der Waals surface area (Å²) in [4.78, 5) is 14.4. The number of amides is 2. The second-order valence-electron chi connectivity index (χ2n) is 5.82. The van der Waals surface area contributed by atoms with Crippen molar-refractivity contribution in [3.05, 3.63) is 0 Å². The molecule has 1 N–H and O–H groups in total. The molecule has 3 unspecified atom stereocenters. The summed E-state index contributed by atoms with van der Waals surface area (Å²) in [7, 11) is 0. The SMILES string of the molecule is CC1CC(NC(=O)N2CCSCCC2C)CC(C)O1. The minimum Gasteiger partial charge on any atom is -0.375 e. The summed E-state index contributed by atoms with van der Waals surface area (Å²) in [6.07, 6.45) is 3.43. The van der Waals surface area contributed by atoms with Crippen LogP contribution in [-0.2, 0) is 4.74 Å². The normalized spacial score (nSPS) is 36.7. The van der Waals surface area contributed by atoms with E-state index in [9.17, 15) is 4.79 Å². The molecule has 0 aromatic rings. The molecule has 0 bridgehead atoms. The zero-order valence-corrected chi connectivity index (χ0v) is 13.0. The van der Waals surface area contributed by atoms with Crippen molar-refractivity contribution in [2.75, 3.05) is 18.1 Å². The second-order valence-corrected chi connectivity index (χ2v) is 7.04. The summed E-state index contributed by atoms with van der Waals surface area (Å²) in [5, 5.41) is 3.21. The highest BCUT2D eigenvalue weighted by Gasteiger charge is 2.28. The highest BCUT2D eigenvalue weighted by atomic mass is 32.2. The largest absolute Gasteiger partial charge is 0.375 e. The Morgan fingerprint density at radius 2 is 1.89 bits per heavy atom. The van der Waals surface area contributed by atoms with Gasteiger partial charge < -0.3 is 15.0 Å². The average Bonchev–Trinajstić information content (AvgIpc) is 2.52. The number of urea groups is 1. The Balaban J connectivity index is 1.88. The number of rotatable bonds is 1. The molecule has 0 saturated carbocycles. The molecule has 0 aromatic carbocycles. The standard InChI is InChI=1S/C14H26N2O2S/c1-10-4-6-19-7-5-16(10)14(17)15-13-8-11(2)18-12(3)9-13/h10-13H,4-9H2,1-3H3,(H,15,17). The molecule has 0 aromatic heterocycles. The van der Waals surface area contributed by atoms with Gasteiger partial charge in [-0.05, 0) is 45.8 Å². The van der Waals surface area contributed by atoms with Crippen LogP contribution in [-0.4, -0.2) is 53.3 Å². The first-order chi connectivity index (χ1) is 9.06. The van der Waals surface area contributed by atoms with E-state index in [0.717, 1.165) is 37.3 Å². The predicted octanol–water partition coefficient (Wildman–Crippen LogP) is 2.48. The molecule has 110 valence electrons. The van der Waals surface area contributed by atoms with Crippen molar-refractivity contribution < 1.29 is 9.53 Å². The molecule has 19 heavy (non-hydrogen) atoms. The lowest BCUT2D eigenvalue weighted by Crippen LogP contribution is -2.51. The molecule has 4 nitrogen and oxygen atoms in total. The average molecular weight is 286 g/mol. The molecule has 2 saturated heterocycles. The lowest BCUT2D eigenvalue weighted by molar-refractivity contribution is -0.0408. The molecule has 2 aliphatic heterocycles. The van der Waals surface area contributed by atoms with Crippen LogP contribution in [0.25, 0.3) is 0 Å². The maximum absolute atomic E-state index is 12.4. The van der Waals surface area contributed by atoms with Crippen LogP contribution in [0.2, 0.25) is 0 Å². The Labute approximate surface area is 120 Å². The minimum absolute atomic E-state index is 0.112. The monoisotopic (exact) mass is 286 g/mol. The lowest BCUT2D eigenvalue weighted by Gasteiger charge is -2.35. The number of nitrogens with one attached hydrogen (secondary N) is 1. The van der Waals surface area contributed by atoms with Crippen molar-refractivity contribution in [3.8, 4) is 0 Å². The number of hydrogen-bond donors (Lipinski definition) is 1. The number of ether oxygens (including phenoxy) is 1. The van der Waals surface area contributed by atoms with Crippen LogP contribution in [0.5, 0.6) is 0 Å². The van der Waals surface area contributed by atoms with Gasteiger partial charge in [0.25, 0.3) is 0 Å². The van der Waals surface area contributed by atoms with Crippen molar-refractivity contribution in [2.24, 2.45) is 0 Å². The third kappa shape index (κ3) is 4.28. The fourth-order valence-electron chi connectivity index (χ4n) is 2.98. The van der Waals surface area contributed by atoms with Gasteiger partial charge in [-0.3, -0.25) is 0 Å². The number of hydrogen-bond acceptors (Lipinski definition) is 3. The van der Waals surface area contributed by atoms with E-state index in [-0.39, 0.29) is 24.3 Å². The Bertz CT molecular complexity index is 304. The van der Waals surface area contributed by atoms with Gasteiger partial charge in [0.1, 0.15) is 0 Å². The van der Waals surface area contributed by atoms with Crippen molar-refractivity contribution in [1.82, 2.24) is 10.2 Å². The van der Waals surface area contributed by atoms with E-state index in [1.807, 2.05) is 16.7 Å². The summed E-state index contributed by atoms with van der Waals surface area (Å²) in [6.45, 7) is 7.19. The molecule has 2 amide bonds. The first kappa shape index (κ1) is 15.0. The summed E-state index contributed by atoms with van der Waals surface area (Å²) in [5.41, 5.74) is 0. The van der Waals surface area contributed by atoms with Crippen molar-refractivity contribution in [3.63, 3.8) is 0 Å². The van der Waals surface area contributed by atoms with Crippen molar-refractivity contribution in [1.29, 1.82) is 0 Å². The van der Waals surface area contributed by atoms with Crippen LogP contribution in [0.3, 0.4) is 0 Å². The van der Waals surface area contributed by atoms with E-state index in [0.29, 0.717) is 6.04 Å². The Morgan fingerprint density at radius 3 is 2.58 bits per heavy atom. The van der Waals surface area contributed by atoms with Gasteiger partial charge in [0.2, 0.25) is 0 Å². The number of carbonyl (C=O) groups is 1. The van der Waals surface area contributed by atoms with E-state index in [1.54, 1.807) is 0 Å². The first-order valence-electron chi connectivity index (χ1n) is 7.36. The van der Waals surface area contributed by atoms with Gasteiger partial charge in [-0.15, -0.1) is 0 Å². The van der Waals surface area contributed by atoms with Crippen LogP contribution in [0.15, 0.2) is 0 Å². The molecule has 2 fully saturated rings. The minimum atomic E-state index is 0.112. The summed E-state index contributed by atoms with van der Waals surface area (Å²) in [5.74, 6) is 2.22. The van der Waals surface area contributed by atoms with Crippen LogP contribution in [0.1, 0.15) is 40.0 Å². The van der Waals surface area contributed by atoms with Crippen molar-refractivity contribution >= 4 is 17.8 Å². The maximum Gasteiger partial charge on any atom is 0.317 e. The second kappa shape index (κ2) is 6.84. The first-order valence-corrected chi connectivity index (χ1v) is 8.52. The molecular formula is C14H26N2O2S. The smallest absolute Gasteiger partial charge is 0.317 e. The number of nitrogens with zero attached hydrogens (tertiary/aromatic N) is 1. The molecule has 3 atom stereocenters. The number of thioether (sulfide) groups is 1. The topological polar surface area (TPSA) is 41.6 Å². The van der Waals surface area contributed by atoms with Crippen LogP contribution >= 0.6 is 11.8 Å². The van der Waals surface area contributed by atoms with Gasteiger partial charge in [0.15, 0.2) is 0 Å². The van der Waals surface area contributed by atoms with Crippen LogP contribution in [0.4, 0.5) is 4.79 Å². The van der Waals surface area contributed by atoms with Crippen LogP contribution in [0, 0.1) is 0 Å². The zero-order chi connectivity index (χ0) is 13.8. The summed E-state index contributed by atoms with van der Waals surface area (Å²) >= 11 is 1.95. The summed E-state index contributed by atoms with van der Waals surface area (Å²) in [6, 6.07) is 0.723. The van der Waals surface area contributed by atoms with Gasteiger partial charge in [-0.1, -0.05) is 0 Å². The third-order valence-electron chi connectivity index (χ3n) is 3.97. The van der Waals surface area contributed by atoms with Crippen molar-refractivity contribution in [2.45, 2.75) is 64.3 Å². The van der Waals surface area contributed by atoms with E-state index in [2.05, 4.69) is 26.1 Å². The fraction of sp³-hybridized carbons (Fsp3) is 0.929. The molecule has 0 spiro atoms. The predicted molar refractivity (Wildman–Crippen MR) is 79.7 cm³/mol. The Kier molecular flexibility index (Phi) is 5.39. The van der Waals surface area contributed by atoms with E-state index < -0.39 is 0 Å². The van der Waals surface area contributed by atoms with Gasteiger partial charge in [-0.25, -0.2) is 4.79 Å². The molecule has 0 radical (unpaired) electrons. The Hall–Kier alpha value is -0.420. The van der Waals surface area contributed by atoms with E-state index in [4.69, 9.17) is 4.74 Å². The van der Waals surface area contributed by atoms with Gasteiger partial charge in [0.05, 0.1) is 12.2 Å². The molecule has 2 heterocycles. The van der Waals surface area contributed by atoms with E-state index >= 15 is 0 Å². The lowest BCUT2D eigenvalue weighted by atomic mass is 10.00. The summed E-state index contributed by atoms with van der Waals surface area (Å²) < 4.78 is 5.72. The zero-order valence-electron chi connectivity index (χ0n) is 12.2. The highest BCUT2D eigenvalue weighted by molar-refractivity contribution is 7.99.